The molecule has 7 nitrogen and oxygen atoms in total. The molecular weight excluding hydrogens is 340 g/mol. The second kappa shape index (κ2) is 5.87. The van der Waals surface area contributed by atoms with Crippen LogP contribution in [0.5, 0.6) is 0 Å². The van der Waals surface area contributed by atoms with Crippen molar-refractivity contribution < 1.29 is 13.2 Å². The summed E-state index contributed by atoms with van der Waals surface area (Å²) in [5.74, 6) is 0. The zero-order chi connectivity index (χ0) is 17.6. The van der Waals surface area contributed by atoms with Gasteiger partial charge in [0.05, 0.1) is 6.20 Å². The number of aromatic nitrogens is 2. The maximum Gasteiger partial charge on any atom is 0.333 e. The number of carbonyl (C=O) groups excluding carboxylic acids is 1. The highest BCUT2D eigenvalue weighted by Crippen LogP contribution is 2.38. The van der Waals surface area contributed by atoms with Gasteiger partial charge in [-0.1, -0.05) is 6.07 Å². The van der Waals surface area contributed by atoms with Gasteiger partial charge >= 0.3 is 6.03 Å². The van der Waals surface area contributed by atoms with E-state index in [1.807, 2.05) is 0 Å². The highest BCUT2D eigenvalue weighted by molar-refractivity contribution is 7.90. The first-order valence-corrected chi connectivity index (χ1v) is 9.91. The minimum Gasteiger partial charge on any atom is -0.307 e. The molecule has 2 aliphatic rings. The third-order valence-electron chi connectivity index (χ3n) is 4.93. The molecule has 1 aromatic heterocycles. The van der Waals surface area contributed by atoms with Gasteiger partial charge in [-0.2, -0.15) is 5.10 Å². The van der Waals surface area contributed by atoms with E-state index < -0.39 is 16.1 Å². The van der Waals surface area contributed by atoms with Crippen molar-refractivity contribution in [3.05, 3.63) is 40.7 Å². The Balaban J connectivity index is 1.60. The van der Waals surface area contributed by atoms with E-state index in [4.69, 9.17) is 0 Å². The number of hydrogen-bond acceptors (Lipinski definition) is 4. The van der Waals surface area contributed by atoms with E-state index >= 15 is 0 Å². The molecule has 1 aromatic carbocycles. The standard InChI is InChI=1S/C17H20N4O3S/c1-21-10-13(9-18-21)25(23,24)20-17(22)19-16-14-6-2-4-11(14)8-12-5-3-7-15(12)16/h8-10H,2-7H2,1H3,(H2,19,20,22). The molecule has 0 saturated heterocycles. The molecule has 2 N–H and O–H groups in total. The van der Waals surface area contributed by atoms with E-state index in [1.165, 1.54) is 28.2 Å². The summed E-state index contributed by atoms with van der Waals surface area (Å²) in [7, 11) is -2.31. The number of aryl methyl sites for hydroxylation is 3. The summed E-state index contributed by atoms with van der Waals surface area (Å²) >= 11 is 0. The Morgan fingerprint density at radius 1 is 1.12 bits per heavy atom. The maximum atomic E-state index is 12.4. The molecule has 0 saturated carbocycles. The number of nitrogens with zero attached hydrogens (tertiary/aromatic N) is 2. The van der Waals surface area contributed by atoms with Crippen LogP contribution in [-0.2, 0) is 42.8 Å². The van der Waals surface area contributed by atoms with Crippen molar-refractivity contribution in [3.63, 3.8) is 0 Å². The van der Waals surface area contributed by atoms with Gasteiger partial charge in [-0.25, -0.2) is 17.9 Å². The van der Waals surface area contributed by atoms with E-state index in [0.717, 1.165) is 55.3 Å². The SMILES string of the molecule is Cn1cc(S(=O)(=O)NC(=O)Nc2c3c(cc4c2CCC4)CCC3)cn1. The summed E-state index contributed by atoms with van der Waals surface area (Å²) in [5, 5.41) is 6.65. The molecule has 25 heavy (non-hydrogen) atoms. The van der Waals surface area contributed by atoms with E-state index in [1.54, 1.807) is 7.05 Å². The molecule has 0 spiro atoms. The zero-order valence-electron chi connectivity index (χ0n) is 14.0. The Bertz CT molecular complexity index is 930. The Morgan fingerprint density at radius 3 is 2.32 bits per heavy atom. The highest BCUT2D eigenvalue weighted by Gasteiger charge is 2.26. The van der Waals surface area contributed by atoms with Crippen LogP contribution in [0.2, 0.25) is 0 Å². The van der Waals surface area contributed by atoms with Crippen LogP contribution in [0.1, 0.15) is 35.1 Å². The minimum absolute atomic E-state index is 0.0336. The lowest BCUT2D eigenvalue weighted by molar-refractivity contribution is 0.256. The van der Waals surface area contributed by atoms with Crippen LogP contribution < -0.4 is 10.0 Å². The van der Waals surface area contributed by atoms with Crippen molar-refractivity contribution >= 4 is 21.7 Å². The fourth-order valence-corrected chi connectivity index (χ4v) is 4.71. The molecule has 0 atom stereocenters. The number of sulfonamides is 1. The number of fused-ring (bicyclic) bond motifs is 2. The first-order valence-electron chi connectivity index (χ1n) is 8.43. The molecule has 8 heteroatoms. The van der Waals surface area contributed by atoms with Crippen molar-refractivity contribution in [3.8, 4) is 0 Å². The highest BCUT2D eigenvalue weighted by atomic mass is 32.2. The summed E-state index contributed by atoms with van der Waals surface area (Å²) in [6, 6.07) is 1.54. The third kappa shape index (κ3) is 2.90. The summed E-state index contributed by atoms with van der Waals surface area (Å²) in [6.45, 7) is 0. The Hall–Kier alpha value is -2.35. The Kier molecular flexibility index (Phi) is 3.79. The smallest absolute Gasteiger partial charge is 0.307 e. The van der Waals surface area contributed by atoms with Crippen molar-refractivity contribution in [2.45, 2.75) is 43.4 Å². The second-order valence-corrected chi connectivity index (χ2v) is 8.33. The normalized spacial score (nSPS) is 15.7. The summed E-state index contributed by atoms with van der Waals surface area (Å²) < 4.78 is 28.0. The topological polar surface area (TPSA) is 93.1 Å². The number of rotatable bonds is 3. The summed E-state index contributed by atoms with van der Waals surface area (Å²) in [4.78, 5) is 12.3. The lowest BCUT2D eigenvalue weighted by atomic mass is 9.99. The number of hydrogen-bond donors (Lipinski definition) is 2. The van der Waals surface area contributed by atoms with Crippen LogP contribution in [-0.4, -0.2) is 24.2 Å². The van der Waals surface area contributed by atoms with Gasteiger partial charge < -0.3 is 5.32 Å². The lowest BCUT2D eigenvalue weighted by Gasteiger charge is -2.16. The first kappa shape index (κ1) is 16.1. The molecule has 0 bridgehead atoms. The van der Waals surface area contributed by atoms with Gasteiger partial charge in [0, 0.05) is 18.9 Å². The van der Waals surface area contributed by atoms with Crippen LogP contribution in [0, 0.1) is 0 Å². The fraction of sp³-hybridized carbons (Fsp3) is 0.412. The molecular formula is C17H20N4O3S. The molecule has 4 rings (SSSR count). The van der Waals surface area contributed by atoms with Gasteiger partial charge in [0.25, 0.3) is 10.0 Å². The van der Waals surface area contributed by atoms with Crippen molar-refractivity contribution in [2.75, 3.05) is 5.32 Å². The first-order chi connectivity index (χ1) is 11.9. The lowest BCUT2D eigenvalue weighted by Crippen LogP contribution is -2.34. The monoisotopic (exact) mass is 360 g/mol. The maximum absolute atomic E-state index is 12.4. The third-order valence-corrected chi connectivity index (χ3v) is 6.22. The average Bonchev–Trinajstić information content (AvgIpc) is 3.25. The van der Waals surface area contributed by atoms with Gasteiger partial charge in [0.15, 0.2) is 0 Å². The van der Waals surface area contributed by atoms with Gasteiger partial charge in [-0.15, -0.1) is 0 Å². The van der Waals surface area contributed by atoms with E-state index in [-0.39, 0.29) is 4.90 Å². The Morgan fingerprint density at radius 2 is 1.76 bits per heavy atom. The molecule has 0 aliphatic heterocycles. The van der Waals surface area contributed by atoms with Crippen LogP contribution in [0.3, 0.4) is 0 Å². The predicted molar refractivity (Wildman–Crippen MR) is 93.0 cm³/mol. The van der Waals surface area contributed by atoms with Gasteiger partial charge in [0.1, 0.15) is 4.90 Å². The van der Waals surface area contributed by atoms with E-state index in [2.05, 4.69) is 21.2 Å². The fourth-order valence-electron chi connectivity index (χ4n) is 3.82. The number of anilines is 1. The van der Waals surface area contributed by atoms with Crippen LogP contribution in [0.15, 0.2) is 23.4 Å². The summed E-state index contributed by atoms with van der Waals surface area (Å²) in [6.07, 6.45) is 8.60. The predicted octanol–water partition coefficient (Wildman–Crippen LogP) is 1.91. The molecule has 1 heterocycles. The molecule has 0 fully saturated rings. The average molecular weight is 360 g/mol. The molecule has 132 valence electrons. The number of benzene rings is 1. The molecule has 2 aromatic rings. The van der Waals surface area contributed by atoms with Crippen LogP contribution >= 0.6 is 0 Å². The van der Waals surface area contributed by atoms with Gasteiger partial charge in [-0.05, 0) is 60.8 Å². The van der Waals surface area contributed by atoms with Crippen LogP contribution in [0.4, 0.5) is 10.5 Å². The van der Waals surface area contributed by atoms with Gasteiger partial charge in [-0.3, -0.25) is 4.68 Å². The largest absolute Gasteiger partial charge is 0.333 e. The molecule has 2 amide bonds. The van der Waals surface area contributed by atoms with Crippen molar-refractivity contribution in [2.24, 2.45) is 7.05 Å². The van der Waals surface area contributed by atoms with Crippen molar-refractivity contribution in [1.82, 2.24) is 14.5 Å². The minimum atomic E-state index is -3.93. The number of carbonyl (C=O) groups is 1. The molecule has 0 unspecified atom stereocenters. The molecule has 0 radical (unpaired) electrons. The number of urea groups is 1. The molecule has 2 aliphatic carbocycles. The summed E-state index contributed by atoms with van der Waals surface area (Å²) in [5.41, 5.74) is 5.71. The Labute approximate surface area is 146 Å². The van der Waals surface area contributed by atoms with E-state index in [0.29, 0.717) is 0 Å². The second-order valence-electron chi connectivity index (χ2n) is 6.64. The van der Waals surface area contributed by atoms with Crippen LogP contribution in [0.25, 0.3) is 0 Å². The zero-order valence-corrected chi connectivity index (χ0v) is 14.8. The number of nitrogens with one attached hydrogen (secondary N) is 2. The quantitative estimate of drug-likeness (QED) is 0.874. The van der Waals surface area contributed by atoms with Gasteiger partial charge in [0.2, 0.25) is 0 Å². The van der Waals surface area contributed by atoms with E-state index in [9.17, 15) is 13.2 Å². The number of amides is 2. The van der Waals surface area contributed by atoms with Crippen molar-refractivity contribution in [1.29, 1.82) is 0 Å².